The molecule has 2 aromatic rings. The Morgan fingerprint density at radius 3 is 1.64 bits per heavy atom. The molecule has 0 unspecified atom stereocenters. The summed E-state index contributed by atoms with van der Waals surface area (Å²) in [6.07, 6.45) is -4.86. The third-order valence-electron chi connectivity index (χ3n) is 6.19. The summed E-state index contributed by atoms with van der Waals surface area (Å²) < 4.78 is 84.7. The fourth-order valence-electron chi connectivity index (χ4n) is 4.04. The summed E-state index contributed by atoms with van der Waals surface area (Å²) in [5, 5.41) is 3.28. The number of sulfonamides is 1. The minimum absolute atomic E-state index is 0.0477. The standard InChI is InChI=1S/C12H12ClF3N2O3S.C11H17N3O2S/c13-22(20,21)10-3-1-9(2-4-10)17-5-7-18(8-6-17)11(19)12(14,15)16;1-12-17(15,16)11-4-2-10(3-5-11)14-8-6-13-7-9-14/h1-4H,5-8H2;2-5,12-13H,6-9H2,1H3. The number of carbonyl (C=O) groups excluding carboxylic acids is 1. The molecule has 16 heteroatoms. The highest BCUT2D eigenvalue weighted by Gasteiger charge is 2.43. The van der Waals surface area contributed by atoms with Crippen LogP contribution >= 0.6 is 10.7 Å². The minimum Gasteiger partial charge on any atom is -0.369 e. The molecule has 2 aliphatic heterocycles. The zero-order chi connectivity index (χ0) is 28.8. The molecular weight excluding hydrogens is 583 g/mol. The van der Waals surface area contributed by atoms with Crippen LogP contribution in [0.3, 0.4) is 0 Å². The van der Waals surface area contributed by atoms with Gasteiger partial charge in [-0.2, -0.15) is 13.2 Å². The van der Waals surface area contributed by atoms with Gasteiger partial charge in [-0.1, -0.05) is 0 Å². The van der Waals surface area contributed by atoms with Gasteiger partial charge in [0, 0.05) is 74.4 Å². The summed E-state index contributed by atoms with van der Waals surface area (Å²) in [6, 6.07) is 12.7. The van der Waals surface area contributed by atoms with Gasteiger partial charge in [-0.25, -0.2) is 21.6 Å². The number of nitrogens with one attached hydrogen (secondary N) is 2. The lowest BCUT2D eigenvalue weighted by Gasteiger charge is -2.36. The Bertz CT molecular complexity index is 1330. The second-order valence-corrected chi connectivity index (χ2v) is 13.1. The van der Waals surface area contributed by atoms with Crippen LogP contribution in [0.1, 0.15) is 0 Å². The maximum Gasteiger partial charge on any atom is 0.471 e. The maximum atomic E-state index is 12.3. The molecule has 10 nitrogen and oxygen atoms in total. The molecule has 2 N–H and O–H groups in total. The van der Waals surface area contributed by atoms with Crippen molar-refractivity contribution in [3.8, 4) is 0 Å². The molecule has 0 saturated carbocycles. The molecule has 2 saturated heterocycles. The normalized spacial score (nSPS) is 16.9. The van der Waals surface area contributed by atoms with Crippen LogP contribution in [0.5, 0.6) is 0 Å². The Morgan fingerprint density at radius 1 is 0.795 bits per heavy atom. The predicted octanol–water partition coefficient (Wildman–Crippen LogP) is 1.83. The molecule has 0 bridgehead atoms. The number of anilines is 2. The van der Waals surface area contributed by atoms with Crippen molar-refractivity contribution in [2.75, 3.05) is 69.2 Å². The Labute approximate surface area is 230 Å². The van der Waals surface area contributed by atoms with Gasteiger partial charge in [0.15, 0.2) is 0 Å². The van der Waals surface area contributed by atoms with E-state index in [0.29, 0.717) is 10.6 Å². The number of hydrogen-bond acceptors (Lipinski definition) is 8. The highest BCUT2D eigenvalue weighted by Crippen LogP contribution is 2.24. The number of rotatable bonds is 5. The van der Waals surface area contributed by atoms with Crippen molar-refractivity contribution in [1.82, 2.24) is 14.9 Å². The smallest absolute Gasteiger partial charge is 0.369 e. The van der Waals surface area contributed by atoms with Crippen molar-refractivity contribution in [1.29, 1.82) is 0 Å². The molecule has 2 aromatic carbocycles. The number of piperazine rings is 2. The lowest BCUT2D eigenvalue weighted by molar-refractivity contribution is -0.185. The van der Waals surface area contributed by atoms with E-state index in [4.69, 9.17) is 10.7 Å². The van der Waals surface area contributed by atoms with E-state index >= 15 is 0 Å². The Kier molecular flexibility index (Phi) is 10.1. The summed E-state index contributed by atoms with van der Waals surface area (Å²) in [7, 11) is -0.520. The molecule has 4 rings (SSSR count). The summed E-state index contributed by atoms with van der Waals surface area (Å²) in [6.45, 7) is 4.22. The number of halogens is 4. The van der Waals surface area contributed by atoms with Crippen LogP contribution in [0.25, 0.3) is 0 Å². The van der Waals surface area contributed by atoms with E-state index in [-0.39, 0.29) is 31.1 Å². The Balaban J connectivity index is 0.000000223. The molecule has 39 heavy (non-hydrogen) atoms. The first-order valence-corrected chi connectivity index (χ1v) is 15.7. The molecule has 0 aliphatic carbocycles. The fraction of sp³-hybridized carbons (Fsp3) is 0.435. The second-order valence-electron chi connectivity index (χ2n) is 8.65. The fourth-order valence-corrected chi connectivity index (χ4v) is 5.54. The van der Waals surface area contributed by atoms with Gasteiger partial charge in [-0.15, -0.1) is 0 Å². The highest BCUT2D eigenvalue weighted by atomic mass is 35.7. The average molecular weight is 612 g/mol. The van der Waals surface area contributed by atoms with E-state index < -0.39 is 31.2 Å². The Morgan fingerprint density at radius 2 is 1.23 bits per heavy atom. The van der Waals surface area contributed by atoms with E-state index in [1.807, 2.05) is 12.1 Å². The van der Waals surface area contributed by atoms with Gasteiger partial charge in [0.2, 0.25) is 10.0 Å². The molecular formula is C23H29ClF3N5O5S2. The van der Waals surface area contributed by atoms with Crippen molar-refractivity contribution < 1.29 is 34.8 Å². The molecule has 216 valence electrons. The van der Waals surface area contributed by atoms with Crippen molar-refractivity contribution >= 4 is 47.0 Å². The highest BCUT2D eigenvalue weighted by molar-refractivity contribution is 8.13. The van der Waals surface area contributed by atoms with Gasteiger partial charge in [-0.3, -0.25) is 4.79 Å². The van der Waals surface area contributed by atoms with E-state index in [1.165, 1.54) is 31.3 Å². The molecule has 1 amide bonds. The number of alkyl halides is 3. The van der Waals surface area contributed by atoms with E-state index in [1.54, 1.807) is 17.0 Å². The van der Waals surface area contributed by atoms with Gasteiger partial charge in [0.1, 0.15) is 0 Å². The predicted molar refractivity (Wildman–Crippen MR) is 142 cm³/mol. The molecule has 0 radical (unpaired) electrons. The molecule has 2 fully saturated rings. The quantitative estimate of drug-likeness (QED) is 0.492. The number of benzene rings is 2. The molecule has 0 aromatic heterocycles. The molecule has 0 spiro atoms. The Hall–Kier alpha value is -2.59. The van der Waals surface area contributed by atoms with Gasteiger partial charge in [-0.05, 0) is 55.6 Å². The van der Waals surface area contributed by atoms with E-state index in [2.05, 4.69) is 14.9 Å². The summed E-state index contributed by atoms with van der Waals surface area (Å²) in [4.78, 5) is 16.1. The van der Waals surface area contributed by atoms with Crippen molar-refractivity contribution in [3.05, 3.63) is 48.5 Å². The maximum absolute atomic E-state index is 12.3. The van der Waals surface area contributed by atoms with E-state index in [9.17, 15) is 34.8 Å². The van der Waals surface area contributed by atoms with Crippen LogP contribution in [0.4, 0.5) is 24.5 Å². The first-order valence-electron chi connectivity index (χ1n) is 11.9. The molecule has 2 heterocycles. The van der Waals surface area contributed by atoms with Crippen LogP contribution < -0.4 is 19.8 Å². The third kappa shape index (κ3) is 8.45. The molecule has 0 atom stereocenters. The third-order valence-corrected chi connectivity index (χ3v) is 8.99. The van der Waals surface area contributed by atoms with Crippen molar-refractivity contribution in [2.24, 2.45) is 0 Å². The van der Waals surface area contributed by atoms with Gasteiger partial charge in [0.05, 0.1) is 9.79 Å². The largest absolute Gasteiger partial charge is 0.471 e. The van der Waals surface area contributed by atoms with Crippen molar-refractivity contribution in [2.45, 2.75) is 16.0 Å². The second kappa shape index (κ2) is 12.7. The summed E-state index contributed by atoms with van der Waals surface area (Å²) in [5.41, 5.74) is 1.73. The number of amides is 1. The molecule has 2 aliphatic rings. The van der Waals surface area contributed by atoms with E-state index in [0.717, 1.165) is 36.8 Å². The van der Waals surface area contributed by atoms with Crippen LogP contribution in [-0.2, 0) is 23.9 Å². The van der Waals surface area contributed by atoms with Crippen LogP contribution in [-0.4, -0.2) is 93.2 Å². The lowest BCUT2D eigenvalue weighted by Crippen LogP contribution is -2.52. The van der Waals surface area contributed by atoms with Crippen molar-refractivity contribution in [3.63, 3.8) is 0 Å². The van der Waals surface area contributed by atoms with Crippen LogP contribution in [0, 0.1) is 0 Å². The average Bonchev–Trinajstić information content (AvgIpc) is 2.93. The number of carbonyl (C=O) groups is 1. The minimum atomic E-state index is -4.86. The van der Waals surface area contributed by atoms with Crippen LogP contribution in [0.15, 0.2) is 58.3 Å². The first-order chi connectivity index (χ1) is 18.2. The SMILES string of the molecule is CNS(=O)(=O)c1ccc(N2CCNCC2)cc1.O=C(N1CCN(c2ccc(S(=O)(=O)Cl)cc2)CC1)C(F)(F)F. The topological polar surface area (TPSA) is 119 Å². The van der Waals surface area contributed by atoms with Crippen LogP contribution in [0.2, 0.25) is 0 Å². The lowest BCUT2D eigenvalue weighted by atomic mass is 10.2. The number of nitrogens with zero attached hydrogens (tertiary/aromatic N) is 3. The first kappa shape index (κ1) is 30.9. The summed E-state index contributed by atoms with van der Waals surface area (Å²) >= 11 is 0. The zero-order valence-electron chi connectivity index (χ0n) is 21.0. The van der Waals surface area contributed by atoms with Gasteiger partial charge >= 0.3 is 12.1 Å². The van der Waals surface area contributed by atoms with Gasteiger partial charge < -0.3 is 20.0 Å². The number of hydrogen-bond donors (Lipinski definition) is 2. The zero-order valence-corrected chi connectivity index (χ0v) is 23.4. The van der Waals surface area contributed by atoms with Gasteiger partial charge in [0.25, 0.3) is 9.05 Å². The monoisotopic (exact) mass is 611 g/mol. The summed E-state index contributed by atoms with van der Waals surface area (Å²) in [5.74, 6) is -1.84.